The van der Waals surface area contributed by atoms with Crippen molar-refractivity contribution in [1.82, 2.24) is 19.7 Å². The van der Waals surface area contributed by atoms with Crippen LogP contribution in [0.25, 0.3) is 5.69 Å². The molecule has 6 nitrogen and oxygen atoms in total. The van der Waals surface area contributed by atoms with E-state index in [1.807, 2.05) is 31.2 Å². The summed E-state index contributed by atoms with van der Waals surface area (Å²) in [4.78, 5) is 18.3. The van der Waals surface area contributed by atoms with E-state index in [0.29, 0.717) is 11.1 Å². The summed E-state index contributed by atoms with van der Waals surface area (Å²) in [6.45, 7) is 1.97. The van der Waals surface area contributed by atoms with Crippen molar-refractivity contribution < 1.29 is 4.79 Å². The average molecular weight is 331 g/mol. The van der Waals surface area contributed by atoms with Crippen LogP contribution in [0.2, 0.25) is 0 Å². The van der Waals surface area contributed by atoms with Gasteiger partial charge in [-0.3, -0.25) is 4.79 Å². The lowest BCUT2D eigenvalue weighted by molar-refractivity contribution is 0.0742. The largest absolute Gasteiger partial charge is 0.335 e. The monoisotopic (exact) mass is 331 g/mol. The third-order valence-electron chi connectivity index (χ3n) is 4.20. The zero-order valence-corrected chi connectivity index (χ0v) is 14.0. The highest BCUT2D eigenvalue weighted by molar-refractivity contribution is 5.94. The molecule has 1 amide bonds. The molecule has 2 aromatic carbocycles. The Hall–Kier alpha value is -3.46. The second-order valence-corrected chi connectivity index (χ2v) is 5.72. The van der Waals surface area contributed by atoms with Crippen molar-refractivity contribution in [3.05, 3.63) is 77.9 Å². The SMILES string of the molecule is C[C@@H](c1ccc(-n2cncn2)cc1)N(C)C(=O)c1cccc(C#N)c1. The molecule has 1 atom stereocenters. The molecule has 1 aromatic heterocycles. The maximum absolute atomic E-state index is 12.7. The van der Waals surface area contributed by atoms with E-state index in [4.69, 9.17) is 5.26 Å². The van der Waals surface area contributed by atoms with Crippen molar-refractivity contribution in [3.8, 4) is 11.8 Å². The number of amides is 1. The highest BCUT2D eigenvalue weighted by Crippen LogP contribution is 2.22. The number of nitrogens with zero attached hydrogens (tertiary/aromatic N) is 5. The molecule has 0 saturated carbocycles. The first kappa shape index (κ1) is 16.4. The zero-order chi connectivity index (χ0) is 17.8. The van der Waals surface area contributed by atoms with E-state index >= 15 is 0 Å². The standard InChI is InChI=1S/C19H17N5O/c1-14(16-6-8-18(9-7-16)24-13-21-12-22-24)23(2)19(25)17-5-3-4-15(10-17)11-20/h3-10,12-14H,1-2H3/t14-/m0/s1. The molecule has 3 rings (SSSR count). The van der Waals surface area contributed by atoms with Gasteiger partial charge in [-0.15, -0.1) is 0 Å². The van der Waals surface area contributed by atoms with Crippen molar-refractivity contribution in [3.63, 3.8) is 0 Å². The van der Waals surface area contributed by atoms with Crippen LogP contribution < -0.4 is 0 Å². The van der Waals surface area contributed by atoms with Gasteiger partial charge in [-0.2, -0.15) is 10.4 Å². The molecule has 0 aliphatic carbocycles. The quantitative estimate of drug-likeness (QED) is 0.736. The Labute approximate surface area is 146 Å². The van der Waals surface area contributed by atoms with Gasteiger partial charge in [-0.05, 0) is 42.8 Å². The van der Waals surface area contributed by atoms with Crippen molar-refractivity contribution in [2.75, 3.05) is 7.05 Å². The van der Waals surface area contributed by atoms with E-state index in [9.17, 15) is 4.79 Å². The second kappa shape index (κ2) is 6.97. The summed E-state index contributed by atoms with van der Waals surface area (Å²) in [5.41, 5.74) is 2.90. The molecule has 0 aliphatic rings. The van der Waals surface area contributed by atoms with Crippen LogP contribution in [-0.4, -0.2) is 32.6 Å². The number of benzene rings is 2. The number of nitriles is 1. The van der Waals surface area contributed by atoms with Crippen molar-refractivity contribution >= 4 is 5.91 Å². The van der Waals surface area contributed by atoms with Crippen LogP contribution in [0.3, 0.4) is 0 Å². The number of hydrogen-bond donors (Lipinski definition) is 0. The van der Waals surface area contributed by atoms with Gasteiger partial charge in [-0.1, -0.05) is 18.2 Å². The van der Waals surface area contributed by atoms with E-state index in [0.717, 1.165) is 11.3 Å². The van der Waals surface area contributed by atoms with Crippen molar-refractivity contribution in [2.45, 2.75) is 13.0 Å². The van der Waals surface area contributed by atoms with Gasteiger partial charge in [0.25, 0.3) is 5.91 Å². The Morgan fingerprint density at radius 2 is 2.00 bits per heavy atom. The number of hydrogen-bond acceptors (Lipinski definition) is 4. The first-order valence-corrected chi connectivity index (χ1v) is 7.82. The van der Waals surface area contributed by atoms with Crippen molar-refractivity contribution in [2.24, 2.45) is 0 Å². The minimum absolute atomic E-state index is 0.108. The normalized spacial score (nSPS) is 11.6. The lowest BCUT2D eigenvalue weighted by Gasteiger charge is -2.25. The average Bonchev–Trinajstić information content (AvgIpc) is 3.21. The van der Waals surface area contributed by atoms with Crippen LogP contribution in [0.1, 0.15) is 34.5 Å². The van der Waals surface area contributed by atoms with Gasteiger partial charge in [0, 0.05) is 12.6 Å². The molecule has 0 aliphatic heterocycles. The number of aromatic nitrogens is 3. The van der Waals surface area contributed by atoms with Crippen LogP contribution in [0.5, 0.6) is 0 Å². The molecule has 25 heavy (non-hydrogen) atoms. The lowest BCUT2D eigenvalue weighted by atomic mass is 10.0. The van der Waals surface area contributed by atoms with Crippen LogP contribution in [-0.2, 0) is 0 Å². The van der Waals surface area contributed by atoms with Crippen LogP contribution in [0.4, 0.5) is 0 Å². The maximum atomic E-state index is 12.7. The van der Waals surface area contributed by atoms with Gasteiger partial charge in [0.15, 0.2) is 0 Å². The minimum Gasteiger partial charge on any atom is -0.335 e. The molecular formula is C19H17N5O. The molecule has 0 radical (unpaired) electrons. The molecule has 124 valence electrons. The summed E-state index contributed by atoms with van der Waals surface area (Å²) in [5.74, 6) is -0.120. The van der Waals surface area contributed by atoms with Gasteiger partial charge in [0.2, 0.25) is 0 Å². The van der Waals surface area contributed by atoms with Crippen molar-refractivity contribution in [1.29, 1.82) is 5.26 Å². The van der Waals surface area contributed by atoms with Gasteiger partial charge in [0.05, 0.1) is 23.4 Å². The van der Waals surface area contributed by atoms with Gasteiger partial charge >= 0.3 is 0 Å². The first-order valence-electron chi connectivity index (χ1n) is 7.82. The Bertz CT molecular complexity index is 910. The third kappa shape index (κ3) is 3.40. The predicted molar refractivity (Wildman–Crippen MR) is 93.0 cm³/mol. The summed E-state index contributed by atoms with van der Waals surface area (Å²) in [6.07, 6.45) is 3.12. The highest BCUT2D eigenvalue weighted by atomic mass is 16.2. The number of rotatable bonds is 4. The third-order valence-corrected chi connectivity index (χ3v) is 4.20. The molecule has 0 unspecified atom stereocenters. The molecule has 6 heteroatoms. The highest BCUT2D eigenvalue weighted by Gasteiger charge is 2.19. The van der Waals surface area contributed by atoms with Gasteiger partial charge < -0.3 is 4.90 Å². The second-order valence-electron chi connectivity index (χ2n) is 5.72. The van der Waals surface area contributed by atoms with E-state index in [1.165, 1.54) is 6.33 Å². The fourth-order valence-electron chi connectivity index (χ4n) is 2.57. The number of carbonyl (C=O) groups excluding carboxylic acids is 1. The maximum Gasteiger partial charge on any atom is 0.254 e. The minimum atomic E-state index is -0.120. The Balaban J connectivity index is 1.78. The Morgan fingerprint density at radius 3 is 2.64 bits per heavy atom. The van der Waals surface area contributed by atoms with Gasteiger partial charge in [-0.25, -0.2) is 9.67 Å². The molecule has 3 aromatic rings. The van der Waals surface area contributed by atoms with E-state index in [2.05, 4.69) is 16.2 Å². The summed E-state index contributed by atoms with van der Waals surface area (Å²) >= 11 is 0. The number of carbonyl (C=O) groups is 1. The van der Waals surface area contributed by atoms with Crippen LogP contribution in [0, 0.1) is 11.3 Å². The van der Waals surface area contributed by atoms with Crippen LogP contribution >= 0.6 is 0 Å². The predicted octanol–water partition coefficient (Wildman–Crippen LogP) is 2.97. The van der Waals surface area contributed by atoms with E-state index < -0.39 is 0 Å². The molecule has 0 spiro atoms. The fourth-order valence-corrected chi connectivity index (χ4v) is 2.57. The van der Waals surface area contributed by atoms with Crippen LogP contribution in [0.15, 0.2) is 61.2 Å². The van der Waals surface area contributed by atoms with Gasteiger partial charge in [0.1, 0.15) is 12.7 Å². The Kier molecular flexibility index (Phi) is 4.57. The molecular weight excluding hydrogens is 314 g/mol. The topological polar surface area (TPSA) is 74.8 Å². The zero-order valence-electron chi connectivity index (χ0n) is 14.0. The van der Waals surface area contributed by atoms with E-state index in [1.54, 1.807) is 47.2 Å². The Morgan fingerprint density at radius 1 is 1.24 bits per heavy atom. The summed E-state index contributed by atoms with van der Waals surface area (Å²) < 4.78 is 1.68. The molecule has 0 N–H and O–H groups in total. The summed E-state index contributed by atoms with van der Waals surface area (Å²) in [6, 6.07) is 16.5. The lowest BCUT2D eigenvalue weighted by Crippen LogP contribution is -2.29. The molecule has 0 saturated heterocycles. The first-order chi connectivity index (χ1) is 12.1. The summed E-state index contributed by atoms with van der Waals surface area (Å²) in [5, 5.41) is 13.1. The fraction of sp³-hybridized carbons (Fsp3) is 0.158. The van der Waals surface area contributed by atoms with E-state index in [-0.39, 0.29) is 11.9 Å². The molecule has 0 fully saturated rings. The molecule has 1 heterocycles. The molecule has 0 bridgehead atoms. The summed E-state index contributed by atoms with van der Waals surface area (Å²) in [7, 11) is 1.76. The smallest absolute Gasteiger partial charge is 0.254 e.